The third-order valence-corrected chi connectivity index (χ3v) is 4.07. The summed E-state index contributed by atoms with van der Waals surface area (Å²) in [5, 5.41) is 10.9. The minimum Gasteiger partial charge on any atom is -0.493 e. The van der Waals surface area contributed by atoms with E-state index in [-0.39, 0.29) is 4.77 Å². The molecule has 3 rings (SSSR count). The van der Waals surface area contributed by atoms with Gasteiger partial charge in [-0.25, -0.2) is 0 Å². The fourth-order valence-electron chi connectivity index (χ4n) is 2.21. The summed E-state index contributed by atoms with van der Waals surface area (Å²) in [5.41, 5.74) is 1.25. The van der Waals surface area contributed by atoms with E-state index < -0.39 is 5.56 Å². The Morgan fingerprint density at radius 2 is 2.04 bits per heavy atom. The van der Waals surface area contributed by atoms with Crippen LogP contribution in [0.1, 0.15) is 11.1 Å². The minimum absolute atomic E-state index is 0.103. The number of hydrogen-bond donors (Lipinski definition) is 1. The van der Waals surface area contributed by atoms with Crippen molar-refractivity contribution in [2.75, 3.05) is 7.11 Å². The Morgan fingerprint density at radius 1 is 1.26 bits per heavy atom. The van der Waals surface area contributed by atoms with Crippen LogP contribution in [-0.2, 0) is 6.61 Å². The number of methoxy groups -OCH3 is 1. The van der Waals surface area contributed by atoms with Crippen molar-refractivity contribution in [3.63, 3.8) is 0 Å². The maximum absolute atomic E-state index is 11.8. The fraction of sp³-hybridized carbons (Fsp3) is 0.111. The summed E-state index contributed by atoms with van der Waals surface area (Å²) in [6, 6.07) is 12.7. The van der Waals surface area contributed by atoms with Crippen LogP contribution in [0.15, 0.2) is 58.6 Å². The number of aromatic amines is 1. The van der Waals surface area contributed by atoms with Gasteiger partial charge in [0.2, 0.25) is 4.77 Å². The monoisotopic (exact) mass is 402 g/mol. The predicted molar refractivity (Wildman–Crippen MR) is 105 cm³/mol. The van der Waals surface area contributed by atoms with Crippen molar-refractivity contribution in [2.24, 2.45) is 5.10 Å². The zero-order valence-electron chi connectivity index (χ0n) is 14.3. The highest BCUT2D eigenvalue weighted by Gasteiger charge is 2.06. The molecule has 1 heterocycles. The summed E-state index contributed by atoms with van der Waals surface area (Å²) in [4.78, 5) is 11.8. The van der Waals surface area contributed by atoms with Gasteiger partial charge in [-0.15, -0.1) is 0 Å². The molecule has 0 atom stereocenters. The number of nitrogens with zero attached hydrogens (tertiary/aromatic N) is 3. The molecule has 1 N–H and O–H groups in total. The number of ether oxygens (including phenoxy) is 2. The lowest BCUT2D eigenvalue weighted by Gasteiger charge is -2.11. The summed E-state index contributed by atoms with van der Waals surface area (Å²) in [5.74, 6) is 1.13. The van der Waals surface area contributed by atoms with E-state index in [9.17, 15) is 4.79 Å². The molecule has 0 saturated carbocycles. The maximum atomic E-state index is 11.8. The maximum Gasteiger partial charge on any atom is 0.293 e. The van der Waals surface area contributed by atoms with Gasteiger partial charge in [-0.3, -0.25) is 9.89 Å². The number of benzene rings is 2. The van der Waals surface area contributed by atoms with Crippen molar-refractivity contribution in [1.29, 1.82) is 0 Å². The van der Waals surface area contributed by atoms with E-state index in [1.165, 1.54) is 6.21 Å². The molecule has 0 radical (unpaired) electrons. The van der Waals surface area contributed by atoms with Crippen molar-refractivity contribution in [1.82, 2.24) is 14.9 Å². The third-order valence-electron chi connectivity index (χ3n) is 3.55. The van der Waals surface area contributed by atoms with Gasteiger partial charge in [0, 0.05) is 5.02 Å². The Balaban J connectivity index is 1.82. The van der Waals surface area contributed by atoms with Crippen molar-refractivity contribution >= 4 is 30.0 Å². The van der Waals surface area contributed by atoms with E-state index in [4.69, 9.17) is 33.3 Å². The first-order valence-corrected chi connectivity index (χ1v) is 8.62. The van der Waals surface area contributed by atoms with Gasteiger partial charge in [0.1, 0.15) is 12.8 Å². The van der Waals surface area contributed by atoms with E-state index in [0.29, 0.717) is 28.7 Å². The number of halogens is 1. The summed E-state index contributed by atoms with van der Waals surface area (Å²) in [6.07, 6.45) is 2.60. The number of hydrogen-bond acceptors (Lipinski definition) is 6. The van der Waals surface area contributed by atoms with E-state index in [0.717, 1.165) is 16.4 Å². The van der Waals surface area contributed by atoms with E-state index in [2.05, 4.69) is 15.3 Å². The molecule has 138 valence electrons. The highest BCUT2D eigenvalue weighted by Crippen LogP contribution is 2.28. The second-order valence-corrected chi connectivity index (χ2v) is 6.22. The average molecular weight is 403 g/mol. The smallest absolute Gasteiger partial charge is 0.293 e. The molecule has 0 fully saturated rings. The van der Waals surface area contributed by atoms with Crippen LogP contribution in [0.25, 0.3) is 0 Å². The predicted octanol–water partition coefficient (Wildman–Crippen LogP) is 3.42. The Bertz CT molecular complexity index is 1050. The van der Waals surface area contributed by atoms with Gasteiger partial charge in [-0.1, -0.05) is 23.7 Å². The van der Waals surface area contributed by atoms with Crippen LogP contribution in [0.4, 0.5) is 0 Å². The lowest BCUT2D eigenvalue weighted by atomic mass is 10.2. The molecule has 1 aromatic heterocycles. The second-order valence-electron chi connectivity index (χ2n) is 5.40. The Labute approximate surface area is 164 Å². The van der Waals surface area contributed by atoms with Crippen LogP contribution >= 0.6 is 23.8 Å². The summed E-state index contributed by atoms with van der Waals surface area (Å²) in [7, 11) is 1.56. The van der Waals surface area contributed by atoms with Gasteiger partial charge in [-0.2, -0.15) is 14.9 Å². The average Bonchev–Trinajstić information content (AvgIpc) is 2.67. The SMILES string of the molecule is COc1ccc(/C=N/n2c(=O)cn[nH]c2=S)cc1OCc1ccc(Cl)cc1. The summed E-state index contributed by atoms with van der Waals surface area (Å²) < 4.78 is 12.3. The van der Waals surface area contributed by atoms with Crippen LogP contribution in [0, 0.1) is 4.77 Å². The molecule has 0 aliphatic carbocycles. The molecule has 0 unspecified atom stereocenters. The Morgan fingerprint density at radius 3 is 2.74 bits per heavy atom. The number of rotatable bonds is 6. The second kappa shape index (κ2) is 8.61. The van der Waals surface area contributed by atoms with Crippen molar-refractivity contribution in [3.8, 4) is 11.5 Å². The molecule has 27 heavy (non-hydrogen) atoms. The molecule has 7 nitrogen and oxygen atoms in total. The van der Waals surface area contributed by atoms with Crippen LogP contribution in [-0.4, -0.2) is 28.2 Å². The number of H-pyrrole nitrogens is 1. The Hall–Kier alpha value is -2.97. The molecule has 0 aliphatic rings. The molecule has 0 amide bonds. The van der Waals surface area contributed by atoms with Gasteiger partial charge < -0.3 is 9.47 Å². The highest BCUT2D eigenvalue weighted by atomic mass is 35.5. The molecule has 0 spiro atoms. The third kappa shape index (κ3) is 4.81. The van der Waals surface area contributed by atoms with Gasteiger partial charge >= 0.3 is 0 Å². The first-order chi connectivity index (χ1) is 13.1. The molecule has 0 bridgehead atoms. The fourth-order valence-corrected chi connectivity index (χ4v) is 2.52. The van der Waals surface area contributed by atoms with Crippen LogP contribution in [0.3, 0.4) is 0 Å². The zero-order valence-corrected chi connectivity index (χ0v) is 15.8. The topological polar surface area (TPSA) is 81.5 Å². The standard InChI is InChI=1S/C18H15ClN4O3S/c1-25-15-7-4-13(9-21-23-17(24)10-20-22-18(23)27)8-16(15)26-11-12-2-5-14(19)6-3-12/h2-10H,11H2,1H3,(H,22,27)/b21-9+. The first-order valence-electron chi connectivity index (χ1n) is 7.83. The van der Waals surface area contributed by atoms with Gasteiger partial charge in [0.05, 0.1) is 13.3 Å². The van der Waals surface area contributed by atoms with Crippen molar-refractivity contribution in [2.45, 2.75) is 6.61 Å². The van der Waals surface area contributed by atoms with Gasteiger partial charge in [-0.05, 0) is 53.7 Å². The number of nitrogens with one attached hydrogen (secondary N) is 1. The van der Waals surface area contributed by atoms with Crippen molar-refractivity contribution in [3.05, 3.63) is 79.9 Å². The Kier molecular flexibility index (Phi) is 6.00. The molecular weight excluding hydrogens is 388 g/mol. The van der Waals surface area contributed by atoms with Crippen molar-refractivity contribution < 1.29 is 9.47 Å². The van der Waals surface area contributed by atoms with E-state index >= 15 is 0 Å². The minimum atomic E-state index is -0.428. The van der Waals surface area contributed by atoms with Gasteiger partial charge in [0.25, 0.3) is 5.56 Å². The lowest BCUT2D eigenvalue weighted by Crippen LogP contribution is -2.18. The van der Waals surface area contributed by atoms with E-state index in [1.54, 1.807) is 37.4 Å². The van der Waals surface area contributed by atoms with Crippen LogP contribution < -0.4 is 15.0 Å². The first kappa shape index (κ1) is 18.8. The van der Waals surface area contributed by atoms with Gasteiger partial charge in [0.15, 0.2) is 11.5 Å². The molecular formula is C18H15ClN4O3S. The normalized spacial score (nSPS) is 10.9. The molecule has 0 aliphatic heterocycles. The highest BCUT2D eigenvalue weighted by molar-refractivity contribution is 7.71. The number of aromatic nitrogens is 3. The van der Waals surface area contributed by atoms with Crippen LogP contribution in [0.2, 0.25) is 5.02 Å². The zero-order chi connectivity index (χ0) is 19.2. The largest absolute Gasteiger partial charge is 0.493 e. The summed E-state index contributed by atoms with van der Waals surface area (Å²) >= 11 is 10.9. The quantitative estimate of drug-likeness (QED) is 0.504. The molecule has 0 saturated heterocycles. The molecule has 2 aromatic carbocycles. The van der Waals surface area contributed by atoms with E-state index in [1.807, 2.05) is 12.1 Å². The lowest BCUT2D eigenvalue weighted by molar-refractivity contribution is 0.284. The molecule has 9 heteroatoms. The van der Waals surface area contributed by atoms with Crippen LogP contribution in [0.5, 0.6) is 11.5 Å². The summed E-state index contributed by atoms with van der Waals surface area (Å²) in [6.45, 7) is 0.350. The molecule has 3 aromatic rings.